The van der Waals surface area contributed by atoms with Crippen molar-refractivity contribution >= 4 is 12.6 Å². The Hall–Kier alpha value is 0.310. The molecule has 0 amide bonds. The molecule has 0 spiro atoms. The number of rotatable bonds is 4. The van der Waals surface area contributed by atoms with E-state index in [-0.39, 0.29) is 0 Å². The lowest BCUT2D eigenvalue weighted by molar-refractivity contribution is 0.308. The maximum atomic E-state index is 4.30. The summed E-state index contributed by atoms with van der Waals surface area (Å²) < 4.78 is 0. The largest absolute Gasteiger partial charge is 0.303 e. The molecule has 0 rings (SSSR count). The fourth-order valence-electron chi connectivity index (χ4n) is 0.855. The van der Waals surface area contributed by atoms with E-state index in [0.29, 0.717) is 5.25 Å². The maximum absolute atomic E-state index is 4.30. The van der Waals surface area contributed by atoms with Crippen LogP contribution in [0, 0.1) is 0 Å². The molecule has 0 aromatic heterocycles. The van der Waals surface area contributed by atoms with Crippen molar-refractivity contribution in [3.8, 4) is 0 Å². The van der Waals surface area contributed by atoms with Gasteiger partial charge in [0.05, 0.1) is 0 Å². The van der Waals surface area contributed by atoms with E-state index in [9.17, 15) is 0 Å². The first kappa shape index (κ1) is 9.31. The molecule has 0 saturated carbocycles. The summed E-state index contributed by atoms with van der Waals surface area (Å²) in [5, 5.41) is 0.505. The number of nitrogens with zero attached hydrogens (tertiary/aromatic N) is 1. The highest BCUT2D eigenvalue weighted by molar-refractivity contribution is 7.80. The molecule has 1 unspecified atom stereocenters. The van der Waals surface area contributed by atoms with Crippen molar-refractivity contribution < 1.29 is 0 Å². The van der Waals surface area contributed by atoms with Gasteiger partial charge in [0.15, 0.2) is 0 Å². The molecule has 1 nitrogen and oxygen atoms in total. The van der Waals surface area contributed by atoms with Crippen LogP contribution in [0.3, 0.4) is 0 Å². The van der Waals surface area contributed by atoms with Crippen LogP contribution in [-0.2, 0) is 0 Å². The zero-order chi connectivity index (χ0) is 7.28. The van der Waals surface area contributed by atoms with Crippen molar-refractivity contribution in [2.75, 3.05) is 19.6 Å². The van der Waals surface area contributed by atoms with E-state index in [1.165, 1.54) is 0 Å². The van der Waals surface area contributed by atoms with Crippen LogP contribution in [0.1, 0.15) is 20.8 Å². The summed E-state index contributed by atoms with van der Waals surface area (Å²) in [4.78, 5) is 2.37. The Kier molecular flexibility index (Phi) is 5.30. The van der Waals surface area contributed by atoms with E-state index < -0.39 is 0 Å². The third-order valence-electron chi connectivity index (χ3n) is 1.42. The zero-order valence-corrected chi connectivity index (χ0v) is 7.49. The van der Waals surface area contributed by atoms with E-state index in [2.05, 4.69) is 38.3 Å². The van der Waals surface area contributed by atoms with Gasteiger partial charge in [0.2, 0.25) is 0 Å². The van der Waals surface area contributed by atoms with Crippen LogP contribution in [0.4, 0.5) is 0 Å². The molecule has 9 heavy (non-hydrogen) atoms. The van der Waals surface area contributed by atoms with Crippen molar-refractivity contribution in [3.63, 3.8) is 0 Å². The Labute approximate surface area is 63.8 Å². The Morgan fingerprint density at radius 2 is 1.78 bits per heavy atom. The molecular formula is C7H17NS. The standard InChI is InChI=1S/C7H17NS/c1-4-8(5-2)6-7(3)9/h7,9H,4-6H2,1-3H3. The summed E-state index contributed by atoms with van der Waals surface area (Å²) >= 11 is 4.30. The molecule has 2 heteroatoms. The Balaban J connectivity index is 3.31. The summed E-state index contributed by atoms with van der Waals surface area (Å²) in [6, 6.07) is 0. The Morgan fingerprint density at radius 1 is 1.33 bits per heavy atom. The van der Waals surface area contributed by atoms with Gasteiger partial charge in [-0.3, -0.25) is 0 Å². The smallest absolute Gasteiger partial charge is 0.0116 e. The molecule has 0 aliphatic carbocycles. The van der Waals surface area contributed by atoms with Crippen molar-refractivity contribution in [2.24, 2.45) is 0 Å². The minimum absolute atomic E-state index is 0.505. The van der Waals surface area contributed by atoms with E-state index in [1.54, 1.807) is 0 Å². The third-order valence-corrected chi connectivity index (χ3v) is 1.58. The topological polar surface area (TPSA) is 3.24 Å². The minimum Gasteiger partial charge on any atom is -0.303 e. The lowest BCUT2D eigenvalue weighted by atomic mass is 10.4. The minimum atomic E-state index is 0.505. The van der Waals surface area contributed by atoms with Crippen LogP contribution < -0.4 is 0 Å². The fraction of sp³-hybridized carbons (Fsp3) is 1.00. The summed E-state index contributed by atoms with van der Waals surface area (Å²) in [5.74, 6) is 0. The van der Waals surface area contributed by atoms with E-state index in [4.69, 9.17) is 0 Å². The fourth-order valence-corrected chi connectivity index (χ4v) is 1.09. The van der Waals surface area contributed by atoms with E-state index >= 15 is 0 Å². The van der Waals surface area contributed by atoms with Gasteiger partial charge in [-0.15, -0.1) is 0 Å². The average Bonchev–Trinajstić information content (AvgIpc) is 1.82. The number of hydrogen-bond donors (Lipinski definition) is 1. The first-order valence-electron chi connectivity index (χ1n) is 3.61. The molecule has 0 saturated heterocycles. The molecule has 0 radical (unpaired) electrons. The molecule has 0 bridgehead atoms. The maximum Gasteiger partial charge on any atom is 0.0116 e. The SMILES string of the molecule is CCN(CC)CC(C)S. The Morgan fingerprint density at radius 3 is 1.89 bits per heavy atom. The van der Waals surface area contributed by atoms with Crippen LogP contribution in [0.15, 0.2) is 0 Å². The highest BCUT2D eigenvalue weighted by Crippen LogP contribution is 1.96. The van der Waals surface area contributed by atoms with Crippen LogP contribution >= 0.6 is 12.6 Å². The second kappa shape index (κ2) is 5.12. The summed E-state index contributed by atoms with van der Waals surface area (Å²) in [7, 11) is 0. The predicted octanol–water partition coefficient (Wildman–Crippen LogP) is 1.65. The van der Waals surface area contributed by atoms with Crippen molar-refractivity contribution in [1.29, 1.82) is 0 Å². The van der Waals surface area contributed by atoms with E-state index in [1.807, 2.05) is 0 Å². The first-order chi connectivity index (χ1) is 4.20. The second-order valence-corrected chi connectivity index (χ2v) is 3.22. The second-order valence-electron chi connectivity index (χ2n) is 2.33. The predicted molar refractivity (Wildman–Crippen MR) is 46.2 cm³/mol. The number of hydrogen-bond acceptors (Lipinski definition) is 2. The molecule has 0 aromatic carbocycles. The average molecular weight is 147 g/mol. The molecule has 56 valence electrons. The Bertz CT molecular complexity index is 59.9. The highest BCUT2D eigenvalue weighted by atomic mass is 32.1. The van der Waals surface area contributed by atoms with Gasteiger partial charge in [-0.1, -0.05) is 20.8 Å². The van der Waals surface area contributed by atoms with Gasteiger partial charge in [0, 0.05) is 11.8 Å². The lowest BCUT2D eigenvalue weighted by Gasteiger charge is -2.19. The molecule has 1 atom stereocenters. The molecule has 0 heterocycles. The number of thiol groups is 1. The van der Waals surface area contributed by atoms with Gasteiger partial charge in [0.25, 0.3) is 0 Å². The van der Waals surface area contributed by atoms with Gasteiger partial charge in [-0.05, 0) is 13.1 Å². The molecule has 0 aliphatic rings. The van der Waals surface area contributed by atoms with Gasteiger partial charge in [-0.25, -0.2) is 0 Å². The molecule has 0 aromatic rings. The molecule has 0 fully saturated rings. The highest BCUT2D eigenvalue weighted by Gasteiger charge is 2.00. The summed E-state index contributed by atoms with van der Waals surface area (Å²) in [6.45, 7) is 9.87. The molecular weight excluding hydrogens is 130 g/mol. The van der Waals surface area contributed by atoms with Crippen molar-refractivity contribution in [3.05, 3.63) is 0 Å². The normalized spacial score (nSPS) is 14.3. The van der Waals surface area contributed by atoms with Crippen LogP contribution in [0.5, 0.6) is 0 Å². The van der Waals surface area contributed by atoms with Crippen LogP contribution in [0.2, 0.25) is 0 Å². The molecule has 0 N–H and O–H groups in total. The van der Waals surface area contributed by atoms with Crippen LogP contribution in [0.25, 0.3) is 0 Å². The quantitative estimate of drug-likeness (QED) is 0.592. The summed E-state index contributed by atoms with van der Waals surface area (Å²) in [6.07, 6.45) is 0. The van der Waals surface area contributed by atoms with Gasteiger partial charge in [-0.2, -0.15) is 12.6 Å². The zero-order valence-electron chi connectivity index (χ0n) is 6.59. The first-order valence-corrected chi connectivity index (χ1v) is 4.12. The summed E-state index contributed by atoms with van der Waals surface area (Å²) in [5.41, 5.74) is 0. The van der Waals surface area contributed by atoms with Gasteiger partial charge in [0.1, 0.15) is 0 Å². The van der Waals surface area contributed by atoms with Gasteiger partial charge < -0.3 is 4.90 Å². The van der Waals surface area contributed by atoms with Gasteiger partial charge >= 0.3 is 0 Å². The monoisotopic (exact) mass is 147 g/mol. The van der Waals surface area contributed by atoms with Crippen molar-refractivity contribution in [1.82, 2.24) is 4.90 Å². The van der Waals surface area contributed by atoms with E-state index in [0.717, 1.165) is 19.6 Å². The lowest BCUT2D eigenvalue weighted by Crippen LogP contribution is -2.28. The molecule has 0 aliphatic heterocycles. The van der Waals surface area contributed by atoms with Crippen molar-refractivity contribution in [2.45, 2.75) is 26.0 Å². The van der Waals surface area contributed by atoms with Crippen LogP contribution in [-0.4, -0.2) is 29.8 Å². The third kappa shape index (κ3) is 4.79.